The van der Waals surface area contributed by atoms with Crippen LogP contribution in [0.1, 0.15) is 41.0 Å². The van der Waals surface area contributed by atoms with E-state index in [9.17, 15) is 0 Å². The molecule has 1 aromatic heterocycles. The standard InChI is InChI=1S/C15H30N6/c1-7-10-16-13-17-14(20(6)11-12(4)5)19-15(18-13)21(8-2)9-3/h12H,7-11H2,1-6H3,(H,16,17,18,19). The van der Waals surface area contributed by atoms with Crippen LogP contribution in [0.5, 0.6) is 0 Å². The Morgan fingerprint density at radius 2 is 1.62 bits per heavy atom. The number of nitrogens with one attached hydrogen (secondary N) is 1. The Hall–Kier alpha value is -1.59. The van der Waals surface area contributed by atoms with E-state index >= 15 is 0 Å². The van der Waals surface area contributed by atoms with Crippen LogP contribution in [-0.2, 0) is 0 Å². The molecule has 0 radical (unpaired) electrons. The molecule has 0 aliphatic heterocycles. The van der Waals surface area contributed by atoms with Gasteiger partial charge in [-0.25, -0.2) is 0 Å². The molecule has 120 valence electrons. The highest BCUT2D eigenvalue weighted by molar-refractivity contribution is 5.44. The molecule has 6 heteroatoms. The Balaban J connectivity index is 3.07. The van der Waals surface area contributed by atoms with Gasteiger partial charge in [0.05, 0.1) is 0 Å². The molecule has 0 unspecified atom stereocenters. The van der Waals surface area contributed by atoms with Crippen molar-refractivity contribution in [1.82, 2.24) is 15.0 Å². The highest BCUT2D eigenvalue weighted by Crippen LogP contribution is 2.16. The van der Waals surface area contributed by atoms with E-state index in [2.05, 4.69) is 64.7 Å². The summed E-state index contributed by atoms with van der Waals surface area (Å²) in [6.45, 7) is 14.3. The molecule has 6 nitrogen and oxygen atoms in total. The molecule has 1 N–H and O–H groups in total. The van der Waals surface area contributed by atoms with Crippen molar-refractivity contribution in [3.05, 3.63) is 0 Å². The van der Waals surface area contributed by atoms with Gasteiger partial charge >= 0.3 is 0 Å². The number of anilines is 3. The van der Waals surface area contributed by atoms with Crippen molar-refractivity contribution in [3.8, 4) is 0 Å². The van der Waals surface area contributed by atoms with E-state index in [0.29, 0.717) is 11.9 Å². The van der Waals surface area contributed by atoms with Crippen LogP contribution in [0.25, 0.3) is 0 Å². The molecular weight excluding hydrogens is 264 g/mol. The third kappa shape index (κ3) is 5.36. The normalized spacial score (nSPS) is 10.8. The van der Waals surface area contributed by atoms with E-state index in [4.69, 9.17) is 0 Å². The first-order valence-corrected chi connectivity index (χ1v) is 7.97. The third-order valence-corrected chi connectivity index (χ3v) is 3.17. The molecule has 1 aromatic rings. The van der Waals surface area contributed by atoms with Crippen molar-refractivity contribution in [3.63, 3.8) is 0 Å². The predicted octanol–water partition coefficient (Wildman–Crippen LogP) is 2.63. The monoisotopic (exact) mass is 294 g/mol. The van der Waals surface area contributed by atoms with Crippen LogP contribution in [0.4, 0.5) is 17.8 Å². The van der Waals surface area contributed by atoms with E-state index in [1.165, 1.54) is 0 Å². The van der Waals surface area contributed by atoms with Crippen molar-refractivity contribution in [2.45, 2.75) is 41.0 Å². The number of hydrogen-bond acceptors (Lipinski definition) is 6. The highest BCUT2D eigenvalue weighted by atomic mass is 15.4. The second-order valence-corrected chi connectivity index (χ2v) is 5.63. The molecule has 0 aliphatic rings. The van der Waals surface area contributed by atoms with Crippen molar-refractivity contribution >= 4 is 17.8 Å². The average molecular weight is 294 g/mol. The van der Waals surface area contributed by atoms with Crippen LogP contribution in [0.3, 0.4) is 0 Å². The molecule has 0 spiro atoms. The minimum atomic E-state index is 0.565. The van der Waals surface area contributed by atoms with Gasteiger partial charge in [-0.1, -0.05) is 20.8 Å². The number of hydrogen-bond donors (Lipinski definition) is 1. The molecule has 0 atom stereocenters. The molecule has 0 aliphatic carbocycles. The lowest BCUT2D eigenvalue weighted by Gasteiger charge is -2.23. The van der Waals surface area contributed by atoms with Crippen molar-refractivity contribution in [1.29, 1.82) is 0 Å². The lowest BCUT2D eigenvalue weighted by Crippen LogP contribution is -2.29. The van der Waals surface area contributed by atoms with Crippen LogP contribution in [0, 0.1) is 5.92 Å². The topological polar surface area (TPSA) is 57.2 Å². The number of rotatable bonds is 9. The molecular formula is C15H30N6. The zero-order valence-corrected chi connectivity index (χ0v) is 14.3. The first-order valence-electron chi connectivity index (χ1n) is 7.97. The SMILES string of the molecule is CCCNc1nc(N(C)CC(C)C)nc(N(CC)CC)n1. The van der Waals surface area contributed by atoms with Crippen LogP contribution < -0.4 is 15.1 Å². The zero-order chi connectivity index (χ0) is 15.8. The second kappa shape index (κ2) is 8.64. The summed E-state index contributed by atoms with van der Waals surface area (Å²) in [7, 11) is 2.03. The maximum absolute atomic E-state index is 4.63. The molecule has 21 heavy (non-hydrogen) atoms. The lowest BCUT2D eigenvalue weighted by molar-refractivity contribution is 0.628. The van der Waals surface area contributed by atoms with Crippen LogP contribution >= 0.6 is 0 Å². The van der Waals surface area contributed by atoms with Gasteiger partial charge in [0.25, 0.3) is 0 Å². The molecule has 0 bridgehead atoms. The molecule has 0 saturated carbocycles. The Morgan fingerprint density at radius 1 is 1.00 bits per heavy atom. The van der Waals surface area contributed by atoms with E-state index < -0.39 is 0 Å². The molecule has 1 rings (SSSR count). The summed E-state index contributed by atoms with van der Waals surface area (Å²) in [5.74, 6) is 2.72. The Kier molecular flexibility index (Phi) is 7.19. The number of nitrogens with zero attached hydrogens (tertiary/aromatic N) is 5. The van der Waals surface area contributed by atoms with Crippen LogP contribution in [0.2, 0.25) is 0 Å². The first kappa shape index (κ1) is 17.5. The fraction of sp³-hybridized carbons (Fsp3) is 0.800. The van der Waals surface area contributed by atoms with Gasteiger partial charge in [-0.2, -0.15) is 15.0 Å². The Labute approximate surface area is 129 Å². The van der Waals surface area contributed by atoms with E-state index in [1.54, 1.807) is 0 Å². The zero-order valence-electron chi connectivity index (χ0n) is 14.3. The van der Waals surface area contributed by atoms with E-state index in [-0.39, 0.29) is 0 Å². The summed E-state index contributed by atoms with van der Waals surface area (Å²) >= 11 is 0. The summed E-state index contributed by atoms with van der Waals surface area (Å²) in [6, 6.07) is 0. The second-order valence-electron chi connectivity index (χ2n) is 5.63. The third-order valence-electron chi connectivity index (χ3n) is 3.17. The maximum Gasteiger partial charge on any atom is 0.231 e. The van der Waals surface area contributed by atoms with Crippen molar-refractivity contribution in [2.75, 3.05) is 48.3 Å². The molecule has 0 amide bonds. The number of aromatic nitrogens is 3. The van der Waals surface area contributed by atoms with Gasteiger partial charge in [-0.3, -0.25) is 0 Å². The van der Waals surface area contributed by atoms with E-state index in [0.717, 1.165) is 44.5 Å². The van der Waals surface area contributed by atoms with Gasteiger partial charge in [-0.05, 0) is 26.2 Å². The van der Waals surface area contributed by atoms with Gasteiger partial charge in [-0.15, -0.1) is 0 Å². The fourth-order valence-corrected chi connectivity index (χ4v) is 2.12. The predicted molar refractivity (Wildman–Crippen MR) is 90.3 cm³/mol. The van der Waals surface area contributed by atoms with Gasteiger partial charge in [0, 0.05) is 33.2 Å². The van der Waals surface area contributed by atoms with Crippen LogP contribution in [0.15, 0.2) is 0 Å². The Morgan fingerprint density at radius 3 is 2.14 bits per heavy atom. The largest absolute Gasteiger partial charge is 0.354 e. The van der Waals surface area contributed by atoms with Gasteiger partial charge < -0.3 is 15.1 Å². The fourth-order valence-electron chi connectivity index (χ4n) is 2.12. The summed E-state index contributed by atoms with van der Waals surface area (Å²) < 4.78 is 0. The minimum absolute atomic E-state index is 0.565. The summed E-state index contributed by atoms with van der Waals surface area (Å²) in [6.07, 6.45) is 1.05. The lowest BCUT2D eigenvalue weighted by atomic mass is 10.2. The molecule has 0 saturated heterocycles. The van der Waals surface area contributed by atoms with Crippen molar-refractivity contribution < 1.29 is 0 Å². The van der Waals surface area contributed by atoms with Gasteiger partial charge in [0.1, 0.15) is 0 Å². The average Bonchev–Trinajstić information content (AvgIpc) is 2.45. The first-order chi connectivity index (χ1) is 10.0. The van der Waals surface area contributed by atoms with E-state index in [1.807, 2.05) is 7.05 Å². The quantitative estimate of drug-likeness (QED) is 0.755. The maximum atomic E-state index is 4.63. The minimum Gasteiger partial charge on any atom is -0.354 e. The van der Waals surface area contributed by atoms with Crippen LogP contribution in [-0.4, -0.2) is 48.2 Å². The van der Waals surface area contributed by atoms with Crippen molar-refractivity contribution in [2.24, 2.45) is 5.92 Å². The van der Waals surface area contributed by atoms with Gasteiger partial charge in [0.2, 0.25) is 17.8 Å². The summed E-state index contributed by atoms with van der Waals surface area (Å²) in [4.78, 5) is 17.9. The molecule has 1 heterocycles. The molecule has 0 fully saturated rings. The van der Waals surface area contributed by atoms with Gasteiger partial charge in [0.15, 0.2) is 0 Å². The Bertz CT molecular complexity index is 417. The summed E-state index contributed by atoms with van der Waals surface area (Å²) in [5, 5.41) is 3.27. The highest BCUT2D eigenvalue weighted by Gasteiger charge is 2.14. The molecule has 0 aromatic carbocycles. The summed E-state index contributed by atoms with van der Waals surface area (Å²) in [5.41, 5.74) is 0. The smallest absolute Gasteiger partial charge is 0.231 e.